The number of hydrogen-bond acceptors (Lipinski definition) is 4. The van der Waals surface area contributed by atoms with Crippen LogP contribution >= 0.6 is 24.0 Å². The van der Waals surface area contributed by atoms with E-state index in [1.807, 2.05) is 7.05 Å². The van der Waals surface area contributed by atoms with Crippen LogP contribution < -0.4 is 5.32 Å². The lowest BCUT2D eigenvalue weighted by Crippen LogP contribution is -2.39. The van der Waals surface area contributed by atoms with Crippen molar-refractivity contribution in [2.75, 3.05) is 60.2 Å². The smallest absolute Gasteiger partial charge is 0.193 e. The van der Waals surface area contributed by atoms with E-state index < -0.39 is 0 Å². The van der Waals surface area contributed by atoms with Gasteiger partial charge in [-0.05, 0) is 36.3 Å². The molecule has 2 fully saturated rings. The minimum atomic E-state index is 0. The number of morpholine rings is 1. The highest BCUT2D eigenvalue weighted by Gasteiger charge is 2.15. The van der Waals surface area contributed by atoms with Gasteiger partial charge in [-0.1, -0.05) is 24.3 Å². The van der Waals surface area contributed by atoms with Crippen LogP contribution in [0.25, 0.3) is 0 Å². The van der Waals surface area contributed by atoms with Crippen LogP contribution in [0.2, 0.25) is 0 Å². The summed E-state index contributed by atoms with van der Waals surface area (Å²) in [5, 5.41) is 3.50. The molecule has 0 bridgehead atoms. The van der Waals surface area contributed by atoms with Gasteiger partial charge in [0, 0.05) is 60.0 Å². The molecule has 0 aromatic heterocycles. The van der Waals surface area contributed by atoms with Crippen molar-refractivity contribution in [1.29, 1.82) is 0 Å². The molecule has 0 radical (unpaired) electrons. The molecule has 2 saturated heterocycles. The molecule has 1 aromatic rings. The Morgan fingerprint density at radius 2 is 1.69 bits per heavy atom. The minimum absolute atomic E-state index is 0. The van der Waals surface area contributed by atoms with Crippen LogP contribution in [0.15, 0.2) is 29.3 Å². The first-order valence-corrected chi connectivity index (χ1v) is 10.6. The van der Waals surface area contributed by atoms with E-state index in [4.69, 9.17) is 9.47 Å². The third-order valence-electron chi connectivity index (χ3n) is 5.77. The molecule has 0 aliphatic carbocycles. The summed E-state index contributed by atoms with van der Waals surface area (Å²) in [6.45, 7) is 8.43. The molecular formula is C22H37IN4O2. The first-order valence-electron chi connectivity index (χ1n) is 10.6. The van der Waals surface area contributed by atoms with Gasteiger partial charge < -0.3 is 19.7 Å². The molecule has 2 heterocycles. The first kappa shape index (κ1) is 24.4. The van der Waals surface area contributed by atoms with Crippen LogP contribution in [0.5, 0.6) is 0 Å². The van der Waals surface area contributed by atoms with E-state index in [2.05, 4.69) is 51.4 Å². The van der Waals surface area contributed by atoms with Crippen LogP contribution in [-0.2, 0) is 22.6 Å². The molecule has 164 valence electrons. The highest BCUT2D eigenvalue weighted by atomic mass is 127. The Morgan fingerprint density at radius 3 is 2.34 bits per heavy atom. The second-order valence-electron chi connectivity index (χ2n) is 7.87. The molecule has 1 aromatic carbocycles. The van der Waals surface area contributed by atoms with Crippen LogP contribution in [0.1, 0.15) is 30.4 Å². The quantitative estimate of drug-likeness (QED) is 0.343. The number of guanidine groups is 1. The fourth-order valence-corrected chi connectivity index (χ4v) is 3.86. The zero-order valence-corrected chi connectivity index (χ0v) is 20.3. The van der Waals surface area contributed by atoms with Crippen molar-refractivity contribution < 1.29 is 9.47 Å². The second-order valence-corrected chi connectivity index (χ2v) is 7.87. The summed E-state index contributed by atoms with van der Waals surface area (Å²) in [6.07, 6.45) is 3.59. The summed E-state index contributed by atoms with van der Waals surface area (Å²) in [6, 6.07) is 8.92. The average Bonchev–Trinajstić information content (AvgIpc) is 2.75. The van der Waals surface area contributed by atoms with Gasteiger partial charge in [0.05, 0.1) is 13.2 Å². The summed E-state index contributed by atoms with van der Waals surface area (Å²) in [4.78, 5) is 9.14. The number of nitrogens with one attached hydrogen (secondary N) is 1. The Bertz CT molecular complexity index is 599. The molecule has 7 heteroatoms. The number of aliphatic imine (C=N–C) groups is 1. The topological polar surface area (TPSA) is 49.3 Å². The van der Waals surface area contributed by atoms with Gasteiger partial charge in [0.15, 0.2) is 5.96 Å². The van der Waals surface area contributed by atoms with Crippen LogP contribution in [0.4, 0.5) is 0 Å². The highest BCUT2D eigenvalue weighted by molar-refractivity contribution is 14.0. The Kier molecular flexibility index (Phi) is 11.3. The summed E-state index contributed by atoms with van der Waals surface area (Å²) < 4.78 is 10.9. The van der Waals surface area contributed by atoms with Crippen LogP contribution in [0.3, 0.4) is 0 Å². The van der Waals surface area contributed by atoms with Crippen LogP contribution in [-0.4, -0.2) is 75.9 Å². The monoisotopic (exact) mass is 516 g/mol. The zero-order valence-electron chi connectivity index (χ0n) is 17.9. The molecule has 3 rings (SSSR count). The number of nitrogens with zero attached hydrogens (tertiary/aromatic N) is 3. The largest absolute Gasteiger partial charge is 0.381 e. The minimum Gasteiger partial charge on any atom is -0.381 e. The number of rotatable bonds is 7. The van der Waals surface area contributed by atoms with E-state index in [1.54, 1.807) is 0 Å². The Hall–Kier alpha value is -0.900. The molecular weight excluding hydrogens is 479 g/mol. The molecule has 0 amide bonds. The standard InChI is InChI=1S/C22H36N4O2.HI/c1-23-22(25(2)10-7-19-8-13-27-14-9-19)24-17-20-3-5-21(6-4-20)18-26-11-15-28-16-12-26;/h3-6,19H,7-18H2,1-2H3,(H,23,24);1H. The van der Waals surface area contributed by atoms with Crippen molar-refractivity contribution in [2.45, 2.75) is 32.4 Å². The molecule has 29 heavy (non-hydrogen) atoms. The summed E-state index contributed by atoms with van der Waals surface area (Å²) in [5.74, 6) is 1.75. The van der Waals surface area contributed by atoms with E-state index in [0.29, 0.717) is 0 Å². The lowest BCUT2D eigenvalue weighted by Gasteiger charge is -2.27. The van der Waals surface area contributed by atoms with Gasteiger partial charge in [0.1, 0.15) is 0 Å². The molecule has 2 aliphatic rings. The fraction of sp³-hybridized carbons (Fsp3) is 0.682. The van der Waals surface area contributed by atoms with Crippen molar-refractivity contribution in [3.63, 3.8) is 0 Å². The molecule has 0 spiro atoms. The maximum atomic E-state index is 5.46. The fourth-order valence-electron chi connectivity index (χ4n) is 3.86. The lowest BCUT2D eigenvalue weighted by molar-refractivity contribution is 0.0342. The Morgan fingerprint density at radius 1 is 1.07 bits per heavy atom. The highest BCUT2D eigenvalue weighted by Crippen LogP contribution is 2.18. The molecule has 0 saturated carbocycles. The van der Waals surface area contributed by atoms with Crippen molar-refractivity contribution in [1.82, 2.24) is 15.1 Å². The van der Waals surface area contributed by atoms with Gasteiger partial charge in [-0.2, -0.15) is 0 Å². The first-order chi connectivity index (χ1) is 13.7. The van der Waals surface area contributed by atoms with Gasteiger partial charge in [-0.25, -0.2) is 0 Å². The van der Waals surface area contributed by atoms with Crippen molar-refractivity contribution in [3.05, 3.63) is 35.4 Å². The number of halogens is 1. The zero-order chi connectivity index (χ0) is 19.6. The maximum absolute atomic E-state index is 5.46. The molecule has 0 unspecified atom stereocenters. The van der Waals surface area contributed by atoms with E-state index in [9.17, 15) is 0 Å². The van der Waals surface area contributed by atoms with Crippen molar-refractivity contribution in [2.24, 2.45) is 10.9 Å². The molecule has 1 N–H and O–H groups in total. The van der Waals surface area contributed by atoms with E-state index in [-0.39, 0.29) is 24.0 Å². The predicted octanol–water partition coefficient (Wildman–Crippen LogP) is 2.96. The van der Waals surface area contributed by atoms with E-state index >= 15 is 0 Å². The van der Waals surface area contributed by atoms with Crippen molar-refractivity contribution in [3.8, 4) is 0 Å². The molecule has 2 aliphatic heterocycles. The second kappa shape index (κ2) is 13.4. The Balaban J connectivity index is 0.00000300. The maximum Gasteiger partial charge on any atom is 0.193 e. The van der Waals surface area contributed by atoms with Crippen LogP contribution in [0, 0.1) is 5.92 Å². The molecule has 0 atom stereocenters. The van der Waals surface area contributed by atoms with Gasteiger partial charge >= 0.3 is 0 Å². The van der Waals surface area contributed by atoms with Gasteiger partial charge in [-0.3, -0.25) is 9.89 Å². The van der Waals surface area contributed by atoms with Crippen molar-refractivity contribution >= 4 is 29.9 Å². The Labute approximate surface area is 193 Å². The lowest BCUT2D eigenvalue weighted by atomic mass is 9.96. The predicted molar refractivity (Wildman–Crippen MR) is 129 cm³/mol. The number of benzene rings is 1. The SMILES string of the molecule is CN=C(NCc1ccc(CN2CCOCC2)cc1)N(C)CCC1CCOCC1.I. The van der Waals surface area contributed by atoms with E-state index in [0.717, 1.165) is 71.0 Å². The summed E-state index contributed by atoms with van der Waals surface area (Å²) in [7, 11) is 3.98. The van der Waals surface area contributed by atoms with Gasteiger partial charge in [-0.15, -0.1) is 24.0 Å². The third-order valence-corrected chi connectivity index (χ3v) is 5.77. The van der Waals surface area contributed by atoms with E-state index in [1.165, 1.54) is 30.4 Å². The summed E-state index contributed by atoms with van der Waals surface area (Å²) in [5.41, 5.74) is 2.65. The van der Waals surface area contributed by atoms with Gasteiger partial charge in [0.2, 0.25) is 0 Å². The molecule has 6 nitrogen and oxygen atoms in total. The number of ether oxygens (including phenoxy) is 2. The third kappa shape index (κ3) is 8.39. The average molecular weight is 516 g/mol. The normalized spacial score (nSPS) is 18.9. The van der Waals surface area contributed by atoms with Gasteiger partial charge in [0.25, 0.3) is 0 Å². The number of hydrogen-bond donors (Lipinski definition) is 1. The summed E-state index contributed by atoms with van der Waals surface area (Å²) >= 11 is 0.